The van der Waals surface area contributed by atoms with Crippen LogP contribution in [0.2, 0.25) is 10.0 Å². The van der Waals surface area contributed by atoms with E-state index in [0.717, 1.165) is 16.7 Å². The number of ketones is 1. The fourth-order valence-electron chi connectivity index (χ4n) is 3.80. The molecule has 0 fully saturated rings. The van der Waals surface area contributed by atoms with E-state index in [9.17, 15) is 29.4 Å². The number of carbonyl (C=O) groups excluding carboxylic acids is 3. The maximum atomic E-state index is 12.1. The fraction of sp³-hybridized carbons (Fsp3) is 0.419. The number of hydrazine groups is 1. The van der Waals surface area contributed by atoms with Crippen LogP contribution in [0, 0.1) is 38.8 Å². The van der Waals surface area contributed by atoms with Gasteiger partial charge in [-0.2, -0.15) is 0 Å². The third-order valence-corrected chi connectivity index (χ3v) is 7.56. The van der Waals surface area contributed by atoms with Crippen LogP contribution in [0.3, 0.4) is 0 Å². The summed E-state index contributed by atoms with van der Waals surface area (Å²) in [5.41, 5.74) is 5.54. The zero-order chi connectivity index (χ0) is 35.0. The summed E-state index contributed by atoms with van der Waals surface area (Å²) in [6.45, 7) is 23.1. The van der Waals surface area contributed by atoms with Crippen molar-refractivity contribution in [3.05, 3.63) is 79.4 Å². The summed E-state index contributed by atoms with van der Waals surface area (Å²) < 4.78 is 0. The number of nitrogens with one attached hydrogen (secondary N) is 2. The van der Waals surface area contributed by atoms with Crippen molar-refractivity contribution in [1.82, 2.24) is 10.7 Å². The first-order valence-electron chi connectivity index (χ1n) is 13.6. The Kier molecular flexibility index (Phi) is 18.3. The van der Waals surface area contributed by atoms with E-state index < -0.39 is 30.0 Å². The van der Waals surface area contributed by atoms with Gasteiger partial charge in [-0.25, -0.2) is 15.5 Å². The van der Waals surface area contributed by atoms with Crippen molar-refractivity contribution in [2.45, 2.75) is 66.6 Å². The molecular formula is C31H39Cl2N5O7. The molecule has 244 valence electrons. The lowest BCUT2D eigenvalue weighted by atomic mass is 9.91. The van der Waals surface area contributed by atoms with Gasteiger partial charge in [-0.3, -0.25) is 24.6 Å². The zero-order valence-corrected chi connectivity index (χ0v) is 27.5. The van der Waals surface area contributed by atoms with Crippen LogP contribution >= 0.6 is 23.2 Å². The molecule has 2 aromatic carbocycles. The van der Waals surface area contributed by atoms with Crippen molar-refractivity contribution in [1.29, 1.82) is 0 Å². The minimum absolute atomic E-state index is 0.0571. The van der Waals surface area contributed by atoms with Crippen LogP contribution in [0.1, 0.15) is 49.9 Å². The molecule has 7 N–H and O–H groups in total. The van der Waals surface area contributed by atoms with E-state index in [2.05, 4.69) is 20.8 Å². The summed E-state index contributed by atoms with van der Waals surface area (Å²) in [5, 5.41) is 31.5. The van der Waals surface area contributed by atoms with Crippen molar-refractivity contribution in [3.8, 4) is 0 Å². The topological polar surface area (TPSA) is 188 Å². The number of aliphatic hydroxyl groups excluding tert-OH is 2. The molecule has 4 atom stereocenters. The Bertz CT molecular complexity index is 1450. The number of nitrogens with two attached hydrogens (primary N) is 1. The lowest BCUT2D eigenvalue weighted by Gasteiger charge is -2.20. The number of halogens is 2. The van der Waals surface area contributed by atoms with Gasteiger partial charge in [0, 0.05) is 6.92 Å². The highest BCUT2D eigenvalue weighted by Gasteiger charge is 2.26. The van der Waals surface area contributed by atoms with E-state index in [4.69, 9.17) is 41.5 Å². The van der Waals surface area contributed by atoms with Gasteiger partial charge >= 0.3 is 5.97 Å². The zero-order valence-electron chi connectivity index (χ0n) is 25.9. The second-order valence-electron chi connectivity index (χ2n) is 10.2. The minimum Gasteiger partial charge on any atom is -0.481 e. The van der Waals surface area contributed by atoms with E-state index in [1.807, 2.05) is 5.43 Å². The highest BCUT2D eigenvalue weighted by Crippen LogP contribution is 2.33. The van der Waals surface area contributed by atoms with Gasteiger partial charge in [0.25, 0.3) is 0 Å². The average Bonchev–Trinajstić information content (AvgIpc) is 2.97. The summed E-state index contributed by atoms with van der Waals surface area (Å²) in [7, 11) is 0. The van der Waals surface area contributed by atoms with Crippen molar-refractivity contribution in [3.63, 3.8) is 0 Å². The van der Waals surface area contributed by atoms with Crippen molar-refractivity contribution in [2.75, 3.05) is 6.54 Å². The number of hydrogen-bond acceptors (Lipinski definition) is 7. The first-order valence-corrected chi connectivity index (χ1v) is 14.3. The highest BCUT2D eigenvalue weighted by atomic mass is 35.5. The molecular weight excluding hydrogens is 625 g/mol. The predicted molar refractivity (Wildman–Crippen MR) is 172 cm³/mol. The molecule has 0 aliphatic carbocycles. The molecule has 0 aliphatic heterocycles. The summed E-state index contributed by atoms with van der Waals surface area (Å²) in [5.74, 6) is 1.21. The average molecular weight is 665 g/mol. The van der Waals surface area contributed by atoms with E-state index >= 15 is 0 Å². The maximum absolute atomic E-state index is 12.1. The molecule has 0 saturated heterocycles. The molecule has 0 bridgehead atoms. The lowest BCUT2D eigenvalue weighted by molar-refractivity contribution is -0.145. The molecule has 14 heteroatoms. The number of rotatable bonds is 10. The Morgan fingerprint density at radius 1 is 0.844 bits per heavy atom. The summed E-state index contributed by atoms with van der Waals surface area (Å²) in [6.07, 6.45) is -1.34. The Morgan fingerprint density at radius 2 is 1.22 bits per heavy atom. The predicted octanol–water partition coefficient (Wildman–Crippen LogP) is 4.26. The lowest BCUT2D eigenvalue weighted by Crippen LogP contribution is -2.39. The molecule has 0 spiro atoms. The summed E-state index contributed by atoms with van der Waals surface area (Å²) in [6, 6.07) is 6.60. The van der Waals surface area contributed by atoms with Crippen LogP contribution in [0.25, 0.3) is 9.69 Å². The van der Waals surface area contributed by atoms with Gasteiger partial charge in [0.05, 0.1) is 53.8 Å². The van der Waals surface area contributed by atoms with Gasteiger partial charge in [0.2, 0.25) is 23.2 Å². The number of Topliss-reactive ketones (excluding diaryl/α,β-unsaturated/α-hetero) is 1. The molecule has 45 heavy (non-hydrogen) atoms. The molecule has 0 aliphatic rings. The number of amides is 2. The first-order chi connectivity index (χ1) is 20.9. The molecule has 0 radical (unpaired) electrons. The van der Waals surface area contributed by atoms with Gasteiger partial charge in [0.15, 0.2) is 0 Å². The number of carbonyl (C=O) groups is 4. The largest absolute Gasteiger partial charge is 0.481 e. The molecule has 2 rings (SSSR count). The van der Waals surface area contributed by atoms with Gasteiger partial charge in [0.1, 0.15) is 5.78 Å². The molecule has 12 nitrogen and oxygen atoms in total. The first kappa shape index (κ1) is 41.0. The van der Waals surface area contributed by atoms with Crippen LogP contribution in [-0.4, -0.2) is 57.6 Å². The molecule has 0 aromatic heterocycles. The van der Waals surface area contributed by atoms with E-state index in [1.165, 1.54) is 27.7 Å². The number of nitrogens with zero attached hydrogens (tertiary/aromatic N) is 2. The van der Waals surface area contributed by atoms with E-state index in [0.29, 0.717) is 27.0 Å². The third kappa shape index (κ3) is 13.6. The second-order valence-corrected chi connectivity index (χ2v) is 10.9. The van der Waals surface area contributed by atoms with Gasteiger partial charge in [-0.15, -0.1) is 0 Å². The Morgan fingerprint density at radius 3 is 1.51 bits per heavy atom. The smallest absolute Gasteiger partial charge is 0.309 e. The van der Waals surface area contributed by atoms with Crippen molar-refractivity contribution >= 4 is 58.1 Å². The van der Waals surface area contributed by atoms with Crippen molar-refractivity contribution < 1.29 is 34.5 Å². The minimum atomic E-state index is -1.05. The quantitative estimate of drug-likeness (QED) is 0.0941. The molecule has 0 heterocycles. The van der Waals surface area contributed by atoms with Gasteiger partial charge in [-0.05, 0) is 69.7 Å². The highest BCUT2D eigenvalue weighted by molar-refractivity contribution is 6.34. The van der Waals surface area contributed by atoms with Gasteiger partial charge < -0.3 is 20.6 Å². The molecule has 2 amide bonds. The third-order valence-electron chi connectivity index (χ3n) is 6.61. The number of benzene rings is 2. The maximum Gasteiger partial charge on any atom is 0.309 e. The van der Waals surface area contributed by atoms with Crippen LogP contribution < -0.4 is 16.6 Å². The van der Waals surface area contributed by atoms with Crippen LogP contribution in [0.4, 0.5) is 11.4 Å². The molecule has 0 saturated carbocycles. The van der Waals surface area contributed by atoms with Gasteiger partial charge in [-0.1, -0.05) is 47.5 Å². The summed E-state index contributed by atoms with van der Waals surface area (Å²) in [4.78, 5) is 50.2. The number of aliphatic carboxylic acids is 1. The monoisotopic (exact) mass is 663 g/mol. The van der Waals surface area contributed by atoms with Crippen LogP contribution in [-0.2, 0) is 32.0 Å². The standard InChI is InChI=1S/C16H19ClN2O3.C13H14ClNO3.C2H6N2O/c1-9(20)8-19-16(22)13(11(3)21)7-12-5-6-14(18-4)15(17)10(12)2;1-7-9(4-5-11(15-3)12(7)14)6-10(8(2)16)13(17)18;1-2(5)4-3/h5-6,11,13,21H,7-8H2,1-3H3,(H,19,22);4-5,8,10,16H,6H2,1-2H3,(H,17,18);3H2,1H3,(H,4,5)/t11-,13+;8-,10+;/m00./s1. The normalized spacial score (nSPS) is 12.6. The van der Waals surface area contributed by atoms with E-state index in [1.54, 1.807) is 38.1 Å². The number of carboxylic acids is 1. The van der Waals surface area contributed by atoms with Crippen molar-refractivity contribution in [2.24, 2.45) is 17.7 Å². The van der Waals surface area contributed by atoms with Crippen LogP contribution in [0.5, 0.6) is 0 Å². The number of hydrogen-bond donors (Lipinski definition) is 6. The fourth-order valence-corrected chi connectivity index (χ4v) is 4.25. The second kappa shape index (κ2) is 20.1. The Hall–Kier alpha value is -4.04. The number of aliphatic hydroxyl groups is 2. The van der Waals surface area contributed by atoms with Crippen LogP contribution in [0.15, 0.2) is 24.3 Å². The Balaban J connectivity index is 0.000000758. The Labute approximate surface area is 273 Å². The molecule has 2 aromatic rings. The summed E-state index contributed by atoms with van der Waals surface area (Å²) >= 11 is 12.1. The van der Waals surface area contributed by atoms with E-state index in [-0.39, 0.29) is 37.0 Å². The number of carboxylic acid groups (broad SMARTS) is 1. The molecule has 0 unspecified atom stereocenters. The SMILES string of the molecule is CC(=O)NN.[C-]#[N+]c1ccc(C[C@@H](C(=O)NCC(C)=O)[C@H](C)O)c(C)c1Cl.[C-]#[N+]c1ccc(C[C@@H](C(=O)O)[C@H](C)O)c(C)c1Cl.